The molecule has 1 aliphatic rings. The molecule has 7 heteroatoms. The lowest BCUT2D eigenvalue weighted by atomic mass is 10.0. The molecule has 0 radical (unpaired) electrons. The van der Waals surface area contributed by atoms with E-state index in [1.807, 2.05) is 0 Å². The van der Waals surface area contributed by atoms with E-state index < -0.39 is 10.0 Å². The van der Waals surface area contributed by atoms with Crippen LogP contribution in [0.1, 0.15) is 35.7 Å². The Balaban J connectivity index is 1.76. The third-order valence-electron chi connectivity index (χ3n) is 4.79. The number of nitrogens with two attached hydrogens (primary N) is 1. The number of carbonyl (C=O) groups is 1. The van der Waals surface area contributed by atoms with Gasteiger partial charge in [-0.3, -0.25) is 4.79 Å². The van der Waals surface area contributed by atoms with Crippen molar-refractivity contribution in [3.8, 4) is 0 Å². The summed E-state index contributed by atoms with van der Waals surface area (Å²) in [6.07, 6.45) is 0. The van der Waals surface area contributed by atoms with E-state index in [1.54, 1.807) is 36.4 Å². The Morgan fingerprint density at radius 1 is 1.08 bits per heavy atom. The van der Waals surface area contributed by atoms with Crippen LogP contribution in [-0.4, -0.2) is 20.4 Å². The van der Waals surface area contributed by atoms with Crippen molar-refractivity contribution in [3.05, 3.63) is 64.7 Å². The standard InChI is InChI=1S/C18H19ClN2O3S/c1-18(2)15(11-5-9-14(10-6-11)25(20,23)24)16(18)21-17(22)12-3-7-13(19)8-4-12/h3-10,15-16H,1-2H3,(H,21,22)(H2,20,23,24). The minimum absolute atomic E-state index is 0.0315. The molecule has 1 fully saturated rings. The first-order valence-electron chi connectivity index (χ1n) is 7.80. The van der Waals surface area contributed by atoms with E-state index in [0.29, 0.717) is 10.6 Å². The second-order valence-corrected chi connectivity index (χ2v) is 8.87. The third kappa shape index (κ3) is 3.56. The van der Waals surface area contributed by atoms with E-state index in [1.165, 1.54) is 12.1 Å². The minimum Gasteiger partial charge on any atom is -0.348 e. The molecule has 132 valence electrons. The molecule has 0 aromatic heterocycles. The first-order valence-corrected chi connectivity index (χ1v) is 9.72. The molecule has 25 heavy (non-hydrogen) atoms. The van der Waals surface area contributed by atoms with Crippen LogP contribution >= 0.6 is 11.6 Å². The minimum atomic E-state index is -3.71. The van der Waals surface area contributed by atoms with E-state index in [0.717, 1.165) is 5.56 Å². The van der Waals surface area contributed by atoms with Gasteiger partial charge in [-0.2, -0.15) is 0 Å². The van der Waals surface area contributed by atoms with E-state index in [2.05, 4.69) is 19.2 Å². The highest BCUT2D eigenvalue weighted by Crippen LogP contribution is 2.58. The largest absolute Gasteiger partial charge is 0.348 e. The molecule has 2 aromatic carbocycles. The Labute approximate surface area is 152 Å². The summed E-state index contributed by atoms with van der Waals surface area (Å²) in [6, 6.07) is 13.2. The fourth-order valence-electron chi connectivity index (χ4n) is 3.22. The molecule has 3 rings (SSSR count). The summed E-state index contributed by atoms with van der Waals surface area (Å²) in [6.45, 7) is 4.14. The van der Waals surface area contributed by atoms with Gasteiger partial charge in [0, 0.05) is 22.5 Å². The zero-order chi connectivity index (χ0) is 18.4. The van der Waals surface area contributed by atoms with Crippen molar-refractivity contribution in [1.82, 2.24) is 5.32 Å². The average molecular weight is 379 g/mol. The van der Waals surface area contributed by atoms with Gasteiger partial charge < -0.3 is 5.32 Å². The topological polar surface area (TPSA) is 89.3 Å². The second-order valence-electron chi connectivity index (χ2n) is 6.87. The number of sulfonamides is 1. The lowest BCUT2D eigenvalue weighted by Gasteiger charge is -2.06. The van der Waals surface area contributed by atoms with Crippen molar-refractivity contribution in [1.29, 1.82) is 0 Å². The van der Waals surface area contributed by atoms with E-state index in [4.69, 9.17) is 16.7 Å². The lowest BCUT2D eigenvalue weighted by Crippen LogP contribution is -2.28. The van der Waals surface area contributed by atoms with Crippen molar-refractivity contribution in [2.45, 2.75) is 30.7 Å². The molecule has 0 bridgehead atoms. The van der Waals surface area contributed by atoms with Crippen LogP contribution in [0.4, 0.5) is 0 Å². The van der Waals surface area contributed by atoms with Crippen molar-refractivity contribution in [3.63, 3.8) is 0 Å². The summed E-state index contributed by atoms with van der Waals surface area (Å²) >= 11 is 5.84. The molecule has 0 spiro atoms. The van der Waals surface area contributed by atoms with Gasteiger partial charge in [-0.05, 0) is 47.4 Å². The Morgan fingerprint density at radius 2 is 1.64 bits per heavy atom. The summed E-state index contributed by atoms with van der Waals surface area (Å²) in [7, 11) is -3.71. The number of benzene rings is 2. The van der Waals surface area contributed by atoms with Gasteiger partial charge in [0.25, 0.3) is 5.91 Å². The maximum atomic E-state index is 12.4. The van der Waals surface area contributed by atoms with Gasteiger partial charge in [-0.15, -0.1) is 0 Å². The van der Waals surface area contributed by atoms with Gasteiger partial charge in [0.05, 0.1) is 4.90 Å². The van der Waals surface area contributed by atoms with Crippen LogP contribution < -0.4 is 10.5 Å². The molecule has 0 saturated heterocycles. The maximum absolute atomic E-state index is 12.4. The zero-order valence-electron chi connectivity index (χ0n) is 13.9. The van der Waals surface area contributed by atoms with Crippen LogP contribution in [0.2, 0.25) is 5.02 Å². The number of amides is 1. The van der Waals surface area contributed by atoms with Crippen LogP contribution in [0, 0.1) is 5.41 Å². The molecule has 2 atom stereocenters. The van der Waals surface area contributed by atoms with Crippen LogP contribution in [0.5, 0.6) is 0 Å². The van der Waals surface area contributed by atoms with Crippen LogP contribution in [0.25, 0.3) is 0 Å². The molecule has 2 unspecified atom stereocenters. The van der Waals surface area contributed by atoms with Gasteiger partial charge in [0.1, 0.15) is 0 Å². The monoisotopic (exact) mass is 378 g/mol. The van der Waals surface area contributed by atoms with Crippen LogP contribution in [0.15, 0.2) is 53.4 Å². The van der Waals surface area contributed by atoms with Gasteiger partial charge in [-0.1, -0.05) is 37.6 Å². The number of rotatable bonds is 4. The van der Waals surface area contributed by atoms with Crippen molar-refractivity contribution >= 4 is 27.5 Å². The number of halogens is 1. The number of hydrogen-bond donors (Lipinski definition) is 2. The molecular weight excluding hydrogens is 360 g/mol. The molecule has 0 aliphatic heterocycles. The van der Waals surface area contributed by atoms with E-state index >= 15 is 0 Å². The predicted octanol–water partition coefficient (Wildman–Crippen LogP) is 2.91. The summed E-state index contributed by atoms with van der Waals surface area (Å²) in [5, 5.41) is 8.75. The SMILES string of the molecule is CC1(C)C(NC(=O)c2ccc(Cl)cc2)C1c1ccc(S(N)(=O)=O)cc1. The number of hydrogen-bond acceptors (Lipinski definition) is 3. The molecule has 2 aromatic rings. The summed E-state index contributed by atoms with van der Waals surface area (Å²) in [4.78, 5) is 12.5. The van der Waals surface area contributed by atoms with E-state index in [-0.39, 0.29) is 28.2 Å². The van der Waals surface area contributed by atoms with Crippen molar-refractivity contribution < 1.29 is 13.2 Å². The summed E-state index contributed by atoms with van der Waals surface area (Å²) < 4.78 is 22.7. The average Bonchev–Trinajstić information content (AvgIpc) is 3.07. The fourth-order valence-corrected chi connectivity index (χ4v) is 3.86. The summed E-state index contributed by atoms with van der Waals surface area (Å²) in [5.41, 5.74) is 1.40. The van der Waals surface area contributed by atoms with Crippen molar-refractivity contribution in [2.24, 2.45) is 10.6 Å². The highest BCUT2D eigenvalue weighted by atomic mass is 35.5. The van der Waals surface area contributed by atoms with Gasteiger partial charge in [0.15, 0.2) is 0 Å². The van der Waals surface area contributed by atoms with Gasteiger partial charge in [-0.25, -0.2) is 13.6 Å². The Hall–Kier alpha value is -1.89. The Kier molecular flexibility index (Phi) is 4.39. The van der Waals surface area contributed by atoms with Crippen molar-refractivity contribution in [2.75, 3.05) is 0 Å². The highest BCUT2D eigenvalue weighted by Gasteiger charge is 2.59. The van der Waals surface area contributed by atoms with Gasteiger partial charge >= 0.3 is 0 Å². The quantitative estimate of drug-likeness (QED) is 0.857. The molecule has 1 amide bonds. The first-order chi connectivity index (χ1) is 11.6. The van der Waals surface area contributed by atoms with Crippen LogP contribution in [0.3, 0.4) is 0 Å². The fraction of sp³-hybridized carbons (Fsp3) is 0.278. The molecule has 5 nitrogen and oxygen atoms in total. The first kappa shape index (κ1) is 17.9. The Bertz CT molecular complexity index is 906. The molecule has 3 N–H and O–H groups in total. The Morgan fingerprint density at radius 3 is 2.16 bits per heavy atom. The number of primary sulfonamides is 1. The third-order valence-corrected chi connectivity index (χ3v) is 5.97. The van der Waals surface area contributed by atoms with Gasteiger partial charge in [0.2, 0.25) is 10.0 Å². The lowest BCUT2D eigenvalue weighted by molar-refractivity contribution is 0.0946. The maximum Gasteiger partial charge on any atom is 0.251 e. The number of nitrogens with one attached hydrogen (secondary N) is 1. The predicted molar refractivity (Wildman–Crippen MR) is 97.0 cm³/mol. The van der Waals surface area contributed by atoms with E-state index in [9.17, 15) is 13.2 Å². The van der Waals surface area contributed by atoms with Crippen LogP contribution in [-0.2, 0) is 10.0 Å². The smallest absolute Gasteiger partial charge is 0.251 e. The molecular formula is C18H19ClN2O3S. The molecule has 1 saturated carbocycles. The molecule has 1 aliphatic carbocycles. The summed E-state index contributed by atoms with van der Waals surface area (Å²) in [5.74, 6) is -0.0447. The second kappa shape index (κ2) is 6.12. The number of carbonyl (C=O) groups excluding carboxylic acids is 1. The highest BCUT2D eigenvalue weighted by molar-refractivity contribution is 7.89. The molecule has 0 heterocycles. The normalized spacial score (nSPS) is 21.6. The zero-order valence-corrected chi connectivity index (χ0v) is 15.4.